The lowest BCUT2D eigenvalue weighted by Crippen LogP contribution is -2.18. The van der Waals surface area contributed by atoms with Crippen molar-refractivity contribution < 1.29 is 19.4 Å². The molecule has 0 fully saturated rings. The molecule has 1 aromatic heterocycles. The molecule has 0 unspecified atom stereocenters. The number of carbonyl (C=O) groups excluding carboxylic acids is 1. The number of amides is 1. The van der Waals surface area contributed by atoms with Gasteiger partial charge in [-0.05, 0) is 47.2 Å². The summed E-state index contributed by atoms with van der Waals surface area (Å²) >= 11 is 1.18. The Balaban J connectivity index is 1.37. The van der Waals surface area contributed by atoms with E-state index >= 15 is 0 Å². The van der Waals surface area contributed by atoms with Crippen molar-refractivity contribution in [2.75, 3.05) is 11.9 Å². The van der Waals surface area contributed by atoms with Crippen LogP contribution in [0.1, 0.15) is 38.5 Å². The fourth-order valence-corrected chi connectivity index (χ4v) is 5.55. The molecular formula is C28H23NO4S. The summed E-state index contributed by atoms with van der Waals surface area (Å²) < 4.78 is 5.60. The van der Waals surface area contributed by atoms with Crippen LogP contribution in [-0.4, -0.2) is 23.8 Å². The fraction of sp³-hybridized carbons (Fsp3) is 0.143. The maximum absolute atomic E-state index is 12.7. The van der Waals surface area contributed by atoms with E-state index in [4.69, 9.17) is 4.74 Å². The van der Waals surface area contributed by atoms with Gasteiger partial charge >= 0.3 is 12.1 Å². The molecule has 1 aliphatic rings. The molecule has 170 valence electrons. The van der Waals surface area contributed by atoms with Gasteiger partial charge < -0.3 is 9.84 Å². The van der Waals surface area contributed by atoms with Gasteiger partial charge in [0, 0.05) is 16.9 Å². The second kappa shape index (κ2) is 8.80. The molecule has 0 saturated heterocycles. The third kappa shape index (κ3) is 3.86. The maximum Gasteiger partial charge on any atom is 0.412 e. The topological polar surface area (TPSA) is 75.6 Å². The van der Waals surface area contributed by atoms with Gasteiger partial charge in [-0.1, -0.05) is 72.3 Å². The number of carbonyl (C=O) groups is 2. The van der Waals surface area contributed by atoms with Crippen molar-refractivity contribution in [2.45, 2.75) is 19.8 Å². The molecule has 0 radical (unpaired) electrons. The van der Waals surface area contributed by atoms with Crippen LogP contribution in [0.3, 0.4) is 0 Å². The van der Waals surface area contributed by atoms with Crippen molar-refractivity contribution in [2.24, 2.45) is 0 Å². The van der Waals surface area contributed by atoms with Crippen LogP contribution in [-0.2, 0) is 4.74 Å². The number of aromatic carboxylic acids is 1. The monoisotopic (exact) mass is 469 g/mol. The van der Waals surface area contributed by atoms with Gasteiger partial charge in [-0.15, -0.1) is 11.3 Å². The number of hydrogen-bond acceptors (Lipinski definition) is 4. The Morgan fingerprint density at radius 3 is 2.21 bits per heavy atom. The maximum atomic E-state index is 12.7. The Morgan fingerprint density at radius 1 is 0.912 bits per heavy atom. The predicted molar refractivity (Wildman–Crippen MR) is 135 cm³/mol. The SMILES string of the molecule is Cc1ccc(C)c(-c2csc(NC(=O)OCC3c4ccccc4-c4ccccc43)c2C(=O)O)c1. The molecule has 0 spiro atoms. The second-order valence-electron chi connectivity index (χ2n) is 8.43. The lowest BCUT2D eigenvalue weighted by molar-refractivity contribution is 0.0699. The van der Waals surface area contributed by atoms with E-state index in [1.54, 1.807) is 5.38 Å². The van der Waals surface area contributed by atoms with E-state index in [-0.39, 0.29) is 23.1 Å². The number of nitrogens with one attached hydrogen (secondary N) is 1. The molecule has 34 heavy (non-hydrogen) atoms. The average Bonchev–Trinajstić information content (AvgIpc) is 3.38. The van der Waals surface area contributed by atoms with Gasteiger partial charge in [0.1, 0.15) is 17.2 Å². The molecule has 4 aromatic rings. The van der Waals surface area contributed by atoms with Crippen molar-refractivity contribution in [3.05, 3.63) is 99.9 Å². The van der Waals surface area contributed by atoms with Crippen LogP contribution in [0.4, 0.5) is 9.80 Å². The first-order valence-corrected chi connectivity index (χ1v) is 11.9. The van der Waals surface area contributed by atoms with Crippen LogP contribution in [0.2, 0.25) is 0 Å². The van der Waals surface area contributed by atoms with E-state index in [1.807, 2.05) is 56.3 Å². The number of thiophene rings is 1. The number of anilines is 1. The van der Waals surface area contributed by atoms with E-state index in [1.165, 1.54) is 11.3 Å². The third-order valence-corrected chi connectivity index (χ3v) is 7.14. The van der Waals surface area contributed by atoms with Gasteiger partial charge in [0.15, 0.2) is 0 Å². The second-order valence-corrected chi connectivity index (χ2v) is 9.31. The van der Waals surface area contributed by atoms with Crippen LogP contribution in [0, 0.1) is 13.8 Å². The number of fused-ring (bicyclic) bond motifs is 3. The van der Waals surface area contributed by atoms with Crippen molar-refractivity contribution >= 4 is 28.4 Å². The van der Waals surface area contributed by atoms with Crippen molar-refractivity contribution in [1.82, 2.24) is 0 Å². The Bertz CT molecular complexity index is 1380. The summed E-state index contributed by atoms with van der Waals surface area (Å²) in [6.07, 6.45) is -0.668. The number of carboxylic acids is 1. The lowest BCUT2D eigenvalue weighted by Gasteiger charge is -2.14. The first-order chi connectivity index (χ1) is 16.4. The zero-order valence-corrected chi connectivity index (χ0v) is 19.6. The van der Waals surface area contributed by atoms with E-state index in [0.29, 0.717) is 5.56 Å². The number of hydrogen-bond donors (Lipinski definition) is 2. The van der Waals surface area contributed by atoms with Gasteiger partial charge in [0.05, 0.1) is 0 Å². The summed E-state index contributed by atoms with van der Waals surface area (Å²) in [7, 11) is 0. The number of benzene rings is 3. The van der Waals surface area contributed by atoms with Crippen LogP contribution in [0.25, 0.3) is 22.3 Å². The summed E-state index contributed by atoms with van der Waals surface area (Å²) in [5.41, 5.74) is 8.06. The standard InChI is InChI=1S/C28H23NO4S/c1-16-11-12-17(2)22(13-16)24-15-34-26(25(24)27(30)31)29-28(32)33-14-23-20-9-5-3-7-18(20)19-8-4-6-10-21(19)23/h3-13,15,23H,14H2,1-2H3,(H,29,32)(H,30,31). The van der Waals surface area contributed by atoms with E-state index in [2.05, 4.69) is 29.6 Å². The average molecular weight is 470 g/mol. The number of aryl methyl sites for hydroxylation is 2. The molecular weight excluding hydrogens is 446 g/mol. The van der Waals surface area contributed by atoms with Gasteiger partial charge in [-0.3, -0.25) is 5.32 Å². The molecule has 5 nitrogen and oxygen atoms in total. The normalized spacial score (nSPS) is 12.2. The van der Waals surface area contributed by atoms with Gasteiger partial charge in [0.25, 0.3) is 0 Å². The van der Waals surface area contributed by atoms with Crippen LogP contribution in [0.15, 0.2) is 72.1 Å². The van der Waals surface area contributed by atoms with Crippen LogP contribution >= 0.6 is 11.3 Å². The highest BCUT2D eigenvalue weighted by Gasteiger charge is 2.29. The third-order valence-electron chi connectivity index (χ3n) is 6.25. The summed E-state index contributed by atoms with van der Waals surface area (Å²) in [5.74, 6) is -1.16. The Hall–Kier alpha value is -3.90. The minimum absolute atomic E-state index is 0.0639. The van der Waals surface area contributed by atoms with Gasteiger partial charge in [-0.2, -0.15) is 0 Å². The molecule has 2 N–H and O–H groups in total. The van der Waals surface area contributed by atoms with Crippen molar-refractivity contribution in [3.63, 3.8) is 0 Å². The smallest absolute Gasteiger partial charge is 0.412 e. The van der Waals surface area contributed by atoms with Crippen LogP contribution < -0.4 is 5.32 Å². The van der Waals surface area contributed by atoms with E-state index < -0.39 is 12.1 Å². The van der Waals surface area contributed by atoms with E-state index in [9.17, 15) is 14.7 Å². The molecule has 0 saturated carbocycles. The number of ether oxygens (including phenoxy) is 1. The molecule has 5 rings (SSSR count). The highest BCUT2D eigenvalue weighted by molar-refractivity contribution is 7.15. The quantitative estimate of drug-likeness (QED) is 0.327. The largest absolute Gasteiger partial charge is 0.478 e. The minimum Gasteiger partial charge on any atom is -0.478 e. The molecule has 6 heteroatoms. The summed E-state index contributed by atoms with van der Waals surface area (Å²) in [5, 5.41) is 14.6. The Kier molecular flexibility index (Phi) is 5.67. The molecule has 1 amide bonds. The summed E-state index contributed by atoms with van der Waals surface area (Å²) in [6, 6.07) is 22.1. The molecule has 1 aliphatic carbocycles. The molecule has 3 aromatic carbocycles. The molecule has 0 bridgehead atoms. The number of carboxylic acid groups (broad SMARTS) is 1. The molecule has 0 aliphatic heterocycles. The zero-order valence-electron chi connectivity index (χ0n) is 18.8. The first-order valence-electron chi connectivity index (χ1n) is 11.0. The van der Waals surface area contributed by atoms with Gasteiger partial charge in [-0.25, -0.2) is 9.59 Å². The van der Waals surface area contributed by atoms with Crippen molar-refractivity contribution in [1.29, 1.82) is 0 Å². The fourth-order valence-electron chi connectivity index (χ4n) is 4.61. The van der Waals surface area contributed by atoms with Gasteiger partial charge in [0.2, 0.25) is 0 Å². The predicted octanol–water partition coefficient (Wildman–Crippen LogP) is 7.09. The molecule has 0 atom stereocenters. The number of rotatable bonds is 5. The lowest BCUT2D eigenvalue weighted by atomic mass is 9.97. The highest BCUT2D eigenvalue weighted by atomic mass is 32.1. The summed E-state index contributed by atoms with van der Waals surface area (Å²) in [6.45, 7) is 4.07. The van der Waals surface area contributed by atoms with Crippen molar-refractivity contribution in [3.8, 4) is 22.3 Å². The highest BCUT2D eigenvalue weighted by Crippen LogP contribution is 2.44. The molecule has 1 heterocycles. The summed E-state index contributed by atoms with van der Waals surface area (Å²) in [4.78, 5) is 24.8. The van der Waals surface area contributed by atoms with E-state index in [0.717, 1.165) is 38.9 Å². The van der Waals surface area contributed by atoms with Crippen LogP contribution in [0.5, 0.6) is 0 Å². The zero-order chi connectivity index (χ0) is 23.8. The first kappa shape index (κ1) is 21.9. The Labute approximate surface area is 201 Å². The Morgan fingerprint density at radius 2 is 1.56 bits per heavy atom. The minimum atomic E-state index is -1.09.